The van der Waals surface area contributed by atoms with Crippen molar-refractivity contribution in [2.75, 3.05) is 11.9 Å². The summed E-state index contributed by atoms with van der Waals surface area (Å²) in [5.74, 6) is 0. The summed E-state index contributed by atoms with van der Waals surface area (Å²) in [4.78, 5) is 3.62. The van der Waals surface area contributed by atoms with Gasteiger partial charge in [-0.25, -0.2) is 0 Å². The number of anilines is 1. The van der Waals surface area contributed by atoms with Gasteiger partial charge in [-0.15, -0.1) is 11.3 Å². The molecular weight excluding hydrogens is 254 g/mol. The lowest BCUT2D eigenvalue weighted by molar-refractivity contribution is 0.173. The molecule has 0 bridgehead atoms. The Labute approximate surface area is 119 Å². The van der Waals surface area contributed by atoms with Crippen LogP contribution in [0.25, 0.3) is 0 Å². The van der Waals surface area contributed by atoms with Gasteiger partial charge in [0.1, 0.15) is 0 Å². The Morgan fingerprint density at radius 3 is 2.42 bits per heavy atom. The molecule has 102 valence electrons. The average Bonchev–Trinajstić information content (AvgIpc) is 2.99. The monoisotopic (exact) mass is 275 g/mol. The molecule has 0 aliphatic rings. The Hall–Kier alpha value is -1.32. The van der Waals surface area contributed by atoms with Crippen molar-refractivity contribution in [1.82, 2.24) is 0 Å². The lowest BCUT2D eigenvalue weighted by atomic mass is 10.1. The standard InChI is InChI=1S/C16H21NOS/c1-4-15(18)13-7-9-14(10-8-13)17(3)12(2)16-6-5-11-19-16/h5-12,15,18H,4H2,1-3H3/t12?,15-/m1/s1. The van der Waals surface area contributed by atoms with Crippen LogP contribution in [-0.2, 0) is 0 Å². The van der Waals surface area contributed by atoms with Gasteiger partial charge in [0.05, 0.1) is 12.1 Å². The van der Waals surface area contributed by atoms with Gasteiger partial charge >= 0.3 is 0 Å². The SMILES string of the molecule is CC[C@@H](O)c1ccc(N(C)C(C)c2cccs2)cc1. The smallest absolute Gasteiger partial charge is 0.0787 e. The van der Waals surface area contributed by atoms with E-state index in [1.807, 2.05) is 19.1 Å². The second-order valence-electron chi connectivity index (χ2n) is 4.82. The van der Waals surface area contributed by atoms with Gasteiger partial charge in [0.2, 0.25) is 0 Å². The van der Waals surface area contributed by atoms with Crippen molar-refractivity contribution in [3.05, 3.63) is 52.2 Å². The third kappa shape index (κ3) is 3.17. The maximum Gasteiger partial charge on any atom is 0.0787 e. The molecule has 0 amide bonds. The van der Waals surface area contributed by atoms with Crippen LogP contribution in [0.15, 0.2) is 41.8 Å². The largest absolute Gasteiger partial charge is 0.388 e. The van der Waals surface area contributed by atoms with Crippen LogP contribution in [-0.4, -0.2) is 12.2 Å². The number of hydrogen-bond donors (Lipinski definition) is 1. The van der Waals surface area contributed by atoms with E-state index in [2.05, 4.69) is 48.5 Å². The molecule has 1 N–H and O–H groups in total. The predicted molar refractivity (Wildman–Crippen MR) is 82.8 cm³/mol. The molecule has 0 fully saturated rings. The van der Waals surface area contributed by atoms with Crippen LogP contribution in [0.1, 0.15) is 42.9 Å². The Bertz CT molecular complexity index is 492. The van der Waals surface area contributed by atoms with E-state index < -0.39 is 0 Å². The van der Waals surface area contributed by atoms with Gasteiger partial charge in [-0.05, 0) is 42.5 Å². The molecular formula is C16H21NOS. The van der Waals surface area contributed by atoms with Crippen molar-refractivity contribution < 1.29 is 5.11 Å². The third-order valence-electron chi connectivity index (χ3n) is 3.61. The van der Waals surface area contributed by atoms with Crippen molar-refractivity contribution in [2.45, 2.75) is 32.4 Å². The molecule has 3 heteroatoms. The number of nitrogens with zero attached hydrogens (tertiary/aromatic N) is 1. The van der Waals surface area contributed by atoms with Gasteiger partial charge in [-0.1, -0.05) is 25.1 Å². The normalized spacial score (nSPS) is 14.1. The highest BCUT2D eigenvalue weighted by Gasteiger charge is 2.13. The number of hydrogen-bond acceptors (Lipinski definition) is 3. The van der Waals surface area contributed by atoms with Crippen molar-refractivity contribution >= 4 is 17.0 Å². The van der Waals surface area contributed by atoms with Crippen LogP contribution >= 0.6 is 11.3 Å². The zero-order valence-corrected chi connectivity index (χ0v) is 12.5. The fourth-order valence-electron chi connectivity index (χ4n) is 2.11. The minimum atomic E-state index is -0.353. The zero-order chi connectivity index (χ0) is 13.8. The van der Waals surface area contributed by atoms with Crippen molar-refractivity contribution in [3.8, 4) is 0 Å². The van der Waals surface area contributed by atoms with Crippen LogP contribution in [0.5, 0.6) is 0 Å². The highest BCUT2D eigenvalue weighted by Crippen LogP contribution is 2.29. The van der Waals surface area contributed by atoms with Gasteiger partial charge in [-0.2, -0.15) is 0 Å². The first-order chi connectivity index (χ1) is 9.13. The Kier molecular flexibility index (Phi) is 4.61. The van der Waals surface area contributed by atoms with Crippen LogP contribution in [0.4, 0.5) is 5.69 Å². The number of rotatable bonds is 5. The van der Waals surface area contributed by atoms with E-state index in [1.165, 1.54) is 10.6 Å². The summed E-state index contributed by atoms with van der Waals surface area (Å²) in [6.07, 6.45) is 0.398. The Morgan fingerprint density at radius 1 is 1.21 bits per heavy atom. The molecule has 2 aromatic rings. The van der Waals surface area contributed by atoms with E-state index in [9.17, 15) is 5.11 Å². The highest BCUT2D eigenvalue weighted by atomic mass is 32.1. The third-order valence-corrected chi connectivity index (χ3v) is 4.65. The van der Waals surface area contributed by atoms with E-state index in [1.54, 1.807) is 11.3 Å². The average molecular weight is 275 g/mol. The summed E-state index contributed by atoms with van der Waals surface area (Å²) in [5, 5.41) is 11.9. The minimum absolute atomic E-state index is 0.353. The number of aliphatic hydroxyl groups is 1. The van der Waals surface area contributed by atoms with Crippen LogP contribution in [0.3, 0.4) is 0 Å². The first-order valence-corrected chi connectivity index (χ1v) is 7.55. The molecule has 1 unspecified atom stereocenters. The lowest BCUT2D eigenvalue weighted by Gasteiger charge is -2.26. The molecule has 0 aliphatic heterocycles. The first-order valence-electron chi connectivity index (χ1n) is 6.67. The molecule has 0 radical (unpaired) electrons. The van der Waals surface area contributed by atoms with E-state index in [4.69, 9.17) is 0 Å². The van der Waals surface area contributed by atoms with E-state index in [0.717, 1.165) is 12.0 Å². The topological polar surface area (TPSA) is 23.5 Å². The molecule has 0 spiro atoms. The molecule has 2 atom stereocenters. The van der Waals surface area contributed by atoms with Crippen LogP contribution in [0, 0.1) is 0 Å². The molecule has 19 heavy (non-hydrogen) atoms. The molecule has 1 aromatic heterocycles. The quantitative estimate of drug-likeness (QED) is 0.875. The summed E-state index contributed by atoms with van der Waals surface area (Å²) in [5.41, 5.74) is 2.16. The second kappa shape index (κ2) is 6.22. The van der Waals surface area contributed by atoms with Crippen molar-refractivity contribution in [3.63, 3.8) is 0 Å². The van der Waals surface area contributed by atoms with Crippen molar-refractivity contribution in [1.29, 1.82) is 0 Å². The summed E-state index contributed by atoms with van der Waals surface area (Å²) in [6, 6.07) is 12.8. The maximum absolute atomic E-state index is 9.81. The lowest BCUT2D eigenvalue weighted by Crippen LogP contribution is -2.20. The van der Waals surface area contributed by atoms with Crippen LogP contribution < -0.4 is 4.90 Å². The summed E-state index contributed by atoms with van der Waals surface area (Å²) in [7, 11) is 2.11. The van der Waals surface area contributed by atoms with Gasteiger partial charge < -0.3 is 10.0 Å². The fourth-order valence-corrected chi connectivity index (χ4v) is 2.94. The molecule has 0 saturated heterocycles. The Balaban J connectivity index is 2.13. The van der Waals surface area contributed by atoms with Gasteiger partial charge in [0.25, 0.3) is 0 Å². The van der Waals surface area contributed by atoms with E-state index in [-0.39, 0.29) is 6.10 Å². The van der Waals surface area contributed by atoms with Crippen LogP contribution in [0.2, 0.25) is 0 Å². The molecule has 0 aliphatic carbocycles. The summed E-state index contributed by atoms with van der Waals surface area (Å²) < 4.78 is 0. The zero-order valence-electron chi connectivity index (χ0n) is 11.7. The maximum atomic E-state index is 9.81. The Morgan fingerprint density at radius 2 is 1.89 bits per heavy atom. The minimum Gasteiger partial charge on any atom is -0.388 e. The predicted octanol–water partition coefficient (Wildman–Crippen LogP) is 4.39. The molecule has 1 aromatic carbocycles. The molecule has 0 saturated carbocycles. The van der Waals surface area contributed by atoms with Gasteiger partial charge in [0.15, 0.2) is 0 Å². The highest BCUT2D eigenvalue weighted by molar-refractivity contribution is 7.10. The first kappa shape index (κ1) is 14.1. The molecule has 1 heterocycles. The van der Waals surface area contributed by atoms with Gasteiger partial charge in [0, 0.05) is 17.6 Å². The molecule has 2 rings (SSSR count). The number of benzene rings is 1. The summed E-state index contributed by atoms with van der Waals surface area (Å²) in [6.45, 7) is 4.20. The molecule has 2 nitrogen and oxygen atoms in total. The van der Waals surface area contributed by atoms with Crippen molar-refractivity contribution in [2.24, 2.45) is 0 Å². The fraction of sp³-hybridized carbons (Fsp3) is 0.375. The number of aliphatic hydroxyl groups excluding tert-OH is 1. The second-order valence-corrected chi connectivity index (χ2v) is 5.80. The number of thiophene rings is 1. The summed E-state index contributed by atoms with van der Waals surface area (Å²) >= 11 is 1.78. The van der Waals surface area contributed by atoms with E-state index >= 15 is 0 Å². The van der Waals surface area contributed by atoms with Gasteiger partial charge in [-0.3, -0.25) is 0 Å². The van der Waals surface area contributed by atoms with E-state index in [0.29, 0.717) is 6.04 Å².